The molecule has 4 aromatic carbocycles. The van der Waals surface area contributed by atoms with E-state index in [4.69, 9.17) is 11.5 Å². The molecule has 0 bridgehead atoms. The molecule has 15 nitrogen and oxygen atoms in total. The molecule has 0 spiro atoms. The quantitative estimate of drug-likeness (QED) is 0.0766. The first-order valence-electron chi connectivity index (χ1n) is 14.1. The van der Waals surface area contributed by atoms with Gasteiger partial charge in [-0.3, -0.25) is 29.5 Å². The maximum absolute atomic E-state index is 13.3. The topological polar surface area (TPSA) is 256 Å². The van der Waals surface area contributed by atoms with Crippen LogP contribution in [0.1, 0.15) is 31.8 Å². The molecule has 6 rings (SSSR count). The van der Waals surface area contributed by atoms with Crippen LogP contribution in [0, 0.1) is 0 Å². The first-order valence-corrected chi connectivity index (χ1v) is 17.0. The average molecular weight is 700 g/mol. The normalized spacial score (nSPS) is 16.0. The van der Waals surface area contributed by atoms with Crippen LogP contribution in [-0.2, 0) is 20.2 Å². The lowest BCUT2D eigenvalue weighted by Gasteiger charge is -2.19. The Morgan fingerprint density at radius 3 is 1.33 bits per heavy atom. The number of hydrogen-bond acceptors (Lipinski definition) is 13. The second-order valence-electron chi connectivity index (χ2n) is 10.7. The molecular weight excluding hydrogens is 675 g/mol. The zero-order valence-corrected chi connectivity index (χ0v) is 26.6. The highest BCUT2D eigenvalue weighted by Crippen LogP contribution is 2.32. The van der Waals surface area contributed by atoms with Crippen LogP contribution < -0.4 is 27.6 Å². The van der Waals surface area contributed by atoms with Crippen LogP contribution in [-0.4, -0.2) is 48.9 Å². The standard InChI is InChI=1S/C32H25N7O8S2/c33-19-3-1-5-23(15-19)36-38-29-27(48(42,43)44)13-17-11-21(7-9-25(17)31(29)40)35-22-8-10-26-18(12-22)14-28(49(45,46)47)30(32(26)41)39-37-24-6-2-4-20(34)16-24/h1-16,35-37H,33-34H2,(H,42,43,44)(H,45,46,47)/b38-29-,39-30-. The summed E-state index contributed by atoms with van der Waals surface area (Å²) in [5, 5.41) is 10.9. The number of nitrogen functional groups attached to an aromatic ring is 2. The second kappa shape index (κ2) is 12.5. The van der Waals surface area contributed by atoms with E-state index in [1.165, 1.54) is 48.5 Å². The highest BCUT2D eigenvalue weighted by molar-refractivity contribution is 7.91. The Morgan fingerprint density at radius 1 is 0.551 bits per heavy atom. The number of allylic oxidation sites excluding steroid dienone is 2. The lowest BCUT2D eigenvalue weighted by atomic mass is 9.93. The Hall–Kier alpha value is -6.14. The molecule has 0 fully saturated rings. The molecule has 0 aromatic heterocycles. The van der Waals surface area contributed by atoms with Gasteiger partial charge in [-0.2, -0.15) is 27.0 Å². The number of nitrogens with one attached hydrogen (secondary N) is 3. The maximum Gasteiger partial charge on any atom is 0.296 e. The first-order chi connectivity index (χ1) is 23.2. The third-order valence-electron chi connectivity index (χ3n) is 7.27. The van der Waals surface area contributed by atoms with Crippen molar-refractivity contribution in [3.05, 3.63) is 117 Å². The Labute approximate surface area is 279 Å². The van der Waals surface area contributed by atoms with E-state index >= 15 is 0 Å². The van der Waals surface area contributed by atoms with Crippen molar-refractivity contribution in [1.29, 1.82) is 0 Å². The van der Waals surface area contributed by atoms with E-state index < -0.39 is 53.0 Å². The molecule has 0 saturated carbocycles. The van der Waals surface area contributed by atoms with Gasteiger partial charge >= 0.3 is 0 Å². The lowest BCUT2D eigenvalue weighted by molar-refractivity contribution is 0.105. The number of Topliss-reactive ketones (excluding diaryl/α,β-unsaturated/α-hetero) is 2. The van der Waals surface area contributed by atoms with Crippen molar-refractivity contribution in [3.8, 4) is 0 Å². The van der Waals surface area contributed by atoms with Gasteiger partial charge in [0.25, 0.3) is 20.2 Å². The highest BCUT2D eigenvalue weighted by atomic mass is 32.2. The number of benzene rings is 4. The van der Waals surface area contributed by atoms with Crippen LogP contribution in [0.5, 0.6) is 0 Å². The predicted octanol–water partition coefficient (Wildman–Crippen LogP) is 4.38. The van der Waals surface area contributed by atoms with Crippen molar-refractivity contribution in [1.82, 2.24) is 0 Å². The summed E-state index contributed by atoms with van der Waals surface area (Å²) in [6.45, 7) is 0. The van der Waals surface area contributed by atoms with Crippen molar-refractivity contribution < 1.29 is 35.5 Å². The minimum Gasteiger partial charge on any atom is -0.399 e. The van der Waals surface area contributed by atoms with Gasteiger partial charge in [0.1, 0.15) is 9.81 Å². The number of hydrogen-bond donors (Lipinski definition) is 7. The van der Waals surface area contributed by atoms with Crippen molar-refractivity contribution in [2.24, 2.45) is 10.2 Å². The molecule has 49 heavy (non-hydrogen) atoms. The minimum atomic E-state index is -4.90. The molecule has 2 aliphatic carbocycles. The molecule has 0 atom stereocenters. The van der Waals surface area contributed by atoms with E-state index in [0.717, 1.165) is 12.2 Å². The molecule has 0 aliphatic heterocycles. The van der Waals surface area contributed by atoms with E-state index in [1.54, 1.807) is 36.4 Å². The first kappa shape index (κ1) is 32.8. The van der Waals surface area contributed by atoms with Crippen molar-refractivity contribution in [2.45, 2.75) is 0 Å². The Bertz CT molecular complexity index is 2270. The van der Waals surface area contributed by atoms with E-state index in [-0.39, 0.29) is 22.3 Å². The fourth-order valence-electron chi connectivity index (χ4n) is 5.06. The van der Waals surface area contributed by atoms with Crippen molar-refractivity contribution in [3.63, 3.8) is 0 Å². The largest absolute Gasteiger partial charge is 0.399 e. The van der Waals surface area contributed by atoms with E-state index in [2.05, 4.69) is 26.4 Å². The Morgan fingerprint density at radius 2 is 0.959 bits per heavy atom. The zero-order chi connectivity index (χ0) is 35.1. The van der Waals surface area contributed by atoms with E-state index in [1.807, 2.05) is 0 Å². The minimum absolute atomic E-state index is 0.0986. The van der Waals surface area contributed by atoms with Crippen LogP contribution in [0.2, 0.25) is 0 Å². The monoisotopic (exact) mass is 699 g/mol. The molecule has 4 aromatic rings. The van der Waals surface area contributed by atoms with Crippen LogP contribution in [0.3, 0.4) is 0 Å². The lowest BCUT2D eigenvalue weighted by Crippen LogP contribution is -2.27. The number of carbonyl (C=O) groups excluding carboxylic acids is 2. The number of carbonyl (C=O) groups is 2. The van der Waals surface area contributed by atoms with Gasteiger partial charge in [0.05, 0.1) is 11.4 Å². The van der Waals surface area contributed by atoms with E-state index in [0.29, 0.717) is 34.1 Å². The molecule has 9 N–H and O–H groups in total. The highest BCUT2D eigenvalue weighted by Gasteiger charge is 2.34. The number of anilines is 6. The molecular formula is C32H25N7O8S2. The van der Waals surface area contributed by atoms with Crippen molar-refractivity contribution >= 4 is 89.5 Å². The smallest absolute Gasteiger partial charge is 0.296 e. The Kier molecular flexibility index (Phi) is 8.34. The number of fused-ring (bicyclic) bond motifs is 2. The van der Waals surface area contributed by atoms with Gasteiger partial charge in [0, 0.05) is 33.9 Å². The summed E-state index contributed by atoms with van der Waals surface area (Å²) in [6, 6.07) is 21.6. The van der Waals surface area contributed by atoms with Gasteiger partial charge in [-0.05, 0) is 96.1 Å². The average Bonchev–Trinajstić information content (AvgIpc) is 3.03. The summed E-state index contributed by atoms with van der Waals surface area (Å²) in [4.78, 5) is 25.2. The summed E-state index contributed by atoms with van der Waals surface area (Å²) < 4.78 is 69.0. The van der Waals surface area contributed by atoms with Crippen LogP contribution in [0.4, 0.5) is 34.1 Å². The third-order valence-corrected chi connectivity index (χ3v) is 9.01. The molecule has 0 saturated heterocycles. The zero-order valence-electron chi connectivity index (χ0n) is 24.9. The molecule has 0 heterocycles. The van der Waals surface area contributed by atoms with Crippen LogP contribution in [0.25, 0.3) is 12.2 Å². The van der Waals surface area contributed by atoms with E-state index in [9.17, 15) is 35.5 Å². The molecule has 17 heteroatoms. The second-order valence-corrected chi connectivity index (χ2v) is 13.5. The third kappa shape index (κ3) is 6.94. The predicted molar refractivity (Wildman–Crippen MR) is 188 cm³/mol. The van der Waals surface area contributed by atoms with Crippen molar-refractivity contribution in [2.75, 3.05) is 27.6 Å². The summed E-state index contributed by atoms with van der Waals surface area (Å²) in [5.41, 5.74) is 18.4. The fraction of sp³-hybridized carbons (Fsp3) is 0. The molecule has 0 radical (unpaired) electrons. The number of ketones is 2. The summed E-state index contributed by atoms with van der Waals surface area (Å²) in [5.74, 6) is -1.54. The maximum atomic E-state index is 13.3. The summed E-state index contributed by atoms with van der Waals surface area (Å²) in [7, 11) is -9.80. The molecule has 0 unspecified atom stereocenters. The summed E-state index contributed by atoms with van der Waals surface area (Å²) >= 11 is 0. The Balaban J connectivity index is 1.31. The van der Waals surface area contributed by atoms with Gasteiger partial charge in [-0.15, -0.1) is 0 Å². The SMILES string of the molecule is Nc1cccc(N/N=C2\C(=O)c3ccc(Nc4ccc5c(c4)C=C(S(=O)(=O)O)/C(=N/Nc4cccc(N)c4)C5=O)cc3C=C2S(=O)(=O)O)c1. The molecule has 0 amide bonds. The van der Waals surface area contributed by atoms with Gasteiger partial charge in [-0.25, -0.2) is 0 Å². The summed E-state index contributed by atoms with van der Waals surface area (Å²) in [6.07, 6.45) is 2.20. The number of nitrogens with zero attached hydrogens (tertiary/aromatic N) is 2. The van der Waals surface area contributed by atoms with Gasteiger partial charge < -0.3 is 16.8 Å². The van der Waals surface area contributed by atoms with Crippen LogP contribution >= 0.6 is 0 Å². The number of rotatable bonds is 8. The fourth-order valence-corrected chi connectivity index (χ4v) is 6.38. The number of hydrazone groups is 2. The number of nitrogens with two attached hydrogens (primary N) is 2. The van der Waals surface area contributed by atoms with Gasteiger partial charge in [0.15, 0.2) is 11.4 Å². The van der Waals surface area contributed by atoms with Gasteiger partial charge in [0.2, 0.25) is 11.6 Å². The molecule has 248 valence electrons. The van der Waals surface area contributed by atoms with Gasteiger partial charge in [-0.1, -0.05) is 12.1 Å². The van der Waals surface area contributed by atoms with Crippen LogP contribution in [0.15, 0.2) is 105 Å². The molecule has 2 aliphatic rings.